The molecular formula is C17H26ClN3O. The van der Waals surface area contributed by atoms with Crippen LogP contribution in [0.1, 0.15) is 25.3 Å². The highest BCUT2D eigenvalue weighted by Crippen LogP contribution is 2.26. The van der Waals surface area contributed by atoms with Gasteiger partial charge in [-0.05, 0) is 48.5 Å². The Hall–Kier alpha value is -1.10. The molecule has 1 aromatic rings. The number of hydrogen-bond donors (Lipinski definition) is 2. The third-order valence-electron chi connectivity index (χ3n) is 4.69. The molecular weight excluding hydrogens is 298 g/mol. The van der Waals surface area contributed by atoms with E-state index in [0.29, 0.717) is 12.5 Å². The first-order valence-electron chi connectivity index (χ1n) is 7.94. The van der Waals surface area contributed by atoms with Crippen molar-refractivity contribution in [2.45, 2.75) is 19.8 Å². The van der Waals surface area contributed by atoms with Crippen molar-refractivity contribution in [1.29, 1.82) is 0 Å². The van der Waals surface area contributed by atoms with Crippen LogP contribution in [-0.2, 0) is 4.79 Å². The molecule has 5 heteroatoms. The molecule has 0 bridgehead atoms. The molecule has 0 radical (unpaired) electrons. The molecule has 0 saturated carbocycles. The summed E-state index contributed by atoms with van der Waals surface area (Å²) in [6.07, 6.45) is 0. The van der Waals surface area contributed by atoms with E-state index in [1.54, 1.807) is 0 Å². The first-order chi connectivity index (χ1) is 10.1. The number of nitrogens with zero attached hydrogens (tertiary/aromatic N) is 1. The van der Waals surface area contributed by atoms with Crippen molar-refractivity contribution in [3.8, 4) is 0 Å². The minimum absolute atomic E-state index is 0. The zero-order chi connectivity index (χ0) is 14.8. The van der Waals surface area contributed by atoms with Gasteiger partial charge in [0.25, 0.3) is 0 Å². The van der Waals surface area contributed by atoms with Crippen molar-refractivity contribution < 1.29 is 4.79 Å². The van der Waals surface area contributed by atoms with E-state index in [2.05, 4.69) is 41.5 Å². The van der Waals surface area contributed by atoms with E-state index in [0.717, 1.165) is 43.7 Å². The van der Waals surface area contributed by atoms with Crippen LogP contribution in [0.15, 0.2) is 24.3 Å². The Morgan fingerprint density at radius 2 is 1.82 bits per heavy atom. The molecule has 2 N–H and O–H groups in total. The fourth-order valence-corrected chi connectivity index (χ4v) is 3.44. The van der Waals surface area contributed by atoms with Crippen LogP contribution >= 0.6 is 12.4 Å². The Labute approximate surface area is 139 Å². The van der Waals surface area contributed by atoms with Crippen molar-refractivity contribution >= 4 is 24.0 Å². The second-order valence-electron chi connectivity index (χ2n) is 6.70. The van der Waals surface area contributed by atoms with Crippen LogP contribution in [0.2, 0.25) is 0 Å². The van der Waals surface area contributed by atoms with Gasteiger partial charge in [0.1, 0.15) is 0 Å². The molecule has 122 valence electrons. The van der Waals surface area contributed by atoms with Crippen molar-refractivity contribution in [3.63, 3.8) is 0 Å². The zero-order valence-electron chi connectivity index (χ0n) is 13.3. The monoisotopic (exact) mass is 323 g/mol. The van der Waals surface area contributed by atoms with Gasteiger partial charge in [0.05, 0.1) is 6.54 Å². The molecule has 2 fully saturated rings. The molecule has 3 rings (SSSR count). The fourth-order valence-electron chi connectivity index (χ4n) is 3.44. The van der Waals surface area contributed by atoms with E-state index in [1.165, 1.54) is 5.56 Å². The first-order valence-corrected chi connectivity index (χ1v) is 7.94. The van der Waals surface area contributed by atoms with Crippen LogP contribution in [-0.4, -0.2) is 43.5 Å². The van der Waals surface area contributed by atoms with E-state index in [9.17, 15) is 4.79 Å². The molecule has 0 aliphatic carbocycles. The summed E-state index contributed by atoms with van der Waals surface area (Å²) in [5.41, 5.74) is 2.19. The van der Waals surface area contributed by atoms with E-state index in [4.69, 9.17) is 0 Å². The highest BCUT2D eigenvalue weighted by atomic mass is 35.5. The number of amides is 1. The van der Waals surface area contributed by atoms with Crippen LogP contribution in [0.4, 0.5) is 5.69 Å². The maximum absolute atomic E-state index is 12.1. The van der Waals surface area contributed by atoms with Gasteiger partial charge in [-0.3, -0.25) is 9.69 Å². The quantitative estimate of drug-likeness (QED) is 0.894. The van der Waals surface area contributed by atoms with Crippen molar-refractivity contribution in [2.24, 2.45) is 11.8 Å². The molecule has 1 amide bonds. The molecule has 2 heterocycles. The molecule has 2 aliphatic rings. The van der Waals surface area contributed by atoms with E-state index < -0.39 is 0 Å². The Balaban J connectivity index is 0.00000176. The average molecular weight is 324 g/mol. The number of fused-ring (bicyclic) bond motifs is 1. The van der Waals surface area contributed by atoms with Crippen LogP contribution in [0.5, 0.6) is 0 Å². The summed E-state index contributed by atoms with van der Waals surface area (Å²) in [7, 11) is 0. The first kappa shape index (κ1) is 17.3. The molecule has 4 nitrogen and oxygen atoms in total. The lowest BCUT2D eigenvalue weighted by Gasteiger charge is -2.16. The Morgan fingerprint density at radius 3 is 2.36 bits per heavy atom. The molecule has 2 atom stereocenters. The minimum atomic E-state index is 0. The largest absolute Gasteiger partial charge is 0.325 e. The summed E-state index contributed by atoms with van der Waals surface area (Å²) in [6.45, 7) is 9.19. The maximum atomic E-state index is 12.1. The third-order valence-corrected chi connectivity index (χ3v) is 4.69. The molecule has 2 saturated heterocycles. The van der Waals surface area contributed by atoms with Gasteiger partial charge in [0.15, 0.2) is 0 Å². The molecule has 1 aromatic carbocycles. The second-order valence-corrected chi connectivity index (χ2v) is 6.70. The van der Waals surface area contributed by atoms with Crippen LogP contribution in [0.25, 0.3) is 0 Å². The Morgan fingerprint density at radius 1 is 1.23 bits per heavy atom. The number of halogens is 1. The molecule has 2 aliphatic heterocycles. The SMILES string of the molecule is CC(C)c1ccc(NC(=O)CN2C[C@H]3CNC[C@H]3C2)cc1.Cl. The minimum Gasteiger partial charge on any atom is -0.325 e. The average Bonchev–Trinajstić information content (AvgIpc) is 3.00. The van der Waals surface area contributed by atoms with E-state index in [-0.39, 0.29) is 18.3 Å². The zero-order valence-corrected chi connectivity index (χ0v) is 14.2. The summed E-state index contributed by atoms with van der Waals surface area (Å²) in [6, 6.07) is 8.17. The standard InChI is InChI=1S/C17H25N3O.ClH/c1-12(2)13-3-5-16(6-4-13)19-17(21)11-20-9-14-7-18-8-15(14)10-20;/h3-6,12,14-15,18H,7-11H2,1-2H3,(H,19,21);1H/t14-,15+;. The van der Waals surface area contributed by atoms with Crippen LogP contribution < -0.4 is 10.6 Å². The predicted octanol–water partition coefficient (Wildman–Crippen LogP) is 2.32. The number of benzene rings is 1. The molecule has 0 spiro atoms. The normalized spacial score (nSPS) is 24.1. The predicted molar refractivity (Wildman–Crippen MR) is 92.7 cm³/mol. The lowest BCUT2D eigenvalue weighted by atomic mass is 10.0. The lowest BCUT2D eigenvalue weighted by molar-refractivity contribution is -0.117. The van der Waals surface area contributed by atoms with E-state index >= 15 is 0 Å². The Kier molecular flexibility index (Phi) is 5.84. The second kappa shape index (κ2) is 7.44. The number of likely N-dealkylation sites (tertiary alicyclic amines) is 1. The van der Waals surface area contributed by atoms with Gasteiger partial charge in [-0.2, -0.15) is 0 Å². The fraction of sp³-hybridized carbons (Fsp3) is 0.588. The van der Waals surface area contributed by atoms with E-state index in [1.807, 2.05) is 12.1 Å². The number of anilines is 1. The van der Waals surface area contributed by atoms with Gasteiger partial charge in [-0.1, -0.05) is 26.0 Å². The highest BCUT2D eigenvalue weighted by Gasteiger charge is 2.36. The van der Waals surface area contributed by atoms with Gasteiger partial charge in [0, 0.05) is 18.8 Å². The number of carbonyl (C=O) groups excluding carboxylic acids is 1. The smallest absolute Gasteiger partial charge is 0.238 e. The molecule has 0 unspecified atom stereocenters. The number of nitrogens with one attached hydrogen (secondary N) is 2. The van der Waals surface area contributed by atoms with Gasteiger partial charge < -0.3 is 10.6 Å². The molecule has 22 heavy (non-hydrogen) atoms. The number of carbonyl (C=O) groups is 1. The van der Waals surface area contributed by atoms with Crippen LogP contribution in [0.3, 0.4) is 0 Å². The van der Waals surface area contributed by atoms with Crippen molar-refractivity contribution in [1.82, 2.24) is 10.2 Å². The summed E-state index contributed by atoms with van der Waals surface area (Å²) >= 11 is 0. The van der Waals surface area contributed by atoms with Crippen molar-refractivity contribution in [2.75, 3.05) is 38.0 Å². The Bertz CT molecular complexity index is 491. The van der Waals surface area contributed by atoms with Crippen molar-refractivity contribution in [3.05, 3.63) is 29.8 Å². The summed E-state index contributed by atoms with van der Waals surface area (Å²) < 4.78 is 0. The van der Waals surface area contributed by atoms with Gasteiger partial charge in [0.2, 0.25) is 5.91 Å². The molecule has 0 aromatic heterocycles. The third kappa shape index (κ3) is 4.00. The summed E-state index contributed by atoms with van der Waals surface area (Å²) in [4.78, 5) is 14.4. The topological polar surface area (TPSA) is 44.4 Å². The lowest BCUT2D eigenvalue weighted by Crippen LogP contribution is -2.33. The summed E-state index contributed by atoms with van der Waals surface area (Å²) in [5.74, 6) is 2.10. The maximum Gasteiger partial charge on any atom is 0.238 e. The van der Waals surface area contributed by atoms with Crippen LogP contribution in [0, 0.1) is 11.8 Å². The van der Waals surface area contributed by atoms with Gasteiger partial charge >= 0.3 is 0 Å². The van der Waals surface area contributed by atoms with Gasteiger partial charge in [-0.15, -0.1) is 12.4 Å². The highest BCUT2D eigenvalue weighted by molar-refractivity contribution is 5.92. The number of hydrogen-bond acceptors (Lipinski definition) is 3. The summed E-state index contributed by atoms with van der Waals surface area (Å²) in [5, 5.41) is 6.43. The number of rotatable bonds is 4. The van der Waals surface area contributed by atoms with Gasteiger partial charge in [-0.25, -0.2) is 0 Å².